The maximum Gasteiger partial charge on any atom is 0.380 e. The predicted octanol–water partition coefficient (Wildman–Crippen LogP) is 6.63. The molecular weight excluding hydrogens is 600 g/mol. The topological polar surface area (TPSA) is 18.5 Å². The molecule has 0 aromatic heterocycles. The molecule has 2 nitrogen and oxygen atoms in total. The highest BCUT2D eigenvalue weighted by Crippen LogP contribution is 2.53. The maximum atomic E-state index is 14.2. The number of alkyl halides is 16. The van der Waals surface area contributed by atoms with Crippen molar-refractivity contribution in [2.45, 2.75) is 85.3 Å². The molecule has 0 aliphatic heterocycles. The number of hydrogen-bond acceptors (Lipinski definition) is 2. The van der Waals surface area contributed by atoms with Crippen molar-refractivity contribution < 1.29 is 79.7 Å². The highest BCUT2D eigenvalue weighted by molar-refractivity contribution is 5.09. The Balaban J connectivity index is 2.21. The summed E-state index contributed by atoms with van der Waals surface area (Å²) < 4.78 is 232. The van der Waals surface area contributed by atoms with Gasteiger partial charge in [0.05, 0.1) is 0 Å². The van der Waals surface area contributed by atoms with Crippen LogP contribution in [0.5, 0.6) is 0 Å². The van der Waals surface area contributed by atoms with Gasteiger partial charge in [-0.25, -0.2) is 35.1 Å². The Hall–Kier alpha value is -1.72. The van der Waals surface area contributed by atoms with E-state index in [-0.39, 0.29) is 0 Å². The summed E-state index contributed by atoms with van der Waals surface area (Å²) in [6.45, 7) is -0.460. The molecule has 234 valence electrons. The van der Waals surface area contributed by atoms with Gasteiger partial charge in [-0.2, -0.15) is 35.1 Å². The van der Waals surface area contributed by atoms with Gasteiger partial charge in [-0.15, -0.1) is 13.2 Å². The minimum absolute atomic E-state index is 0.373. The van der Waals surface area contributed by atoms with E-state index in [1.165, 1.54) is 0 Å². The number of halogens is 16. The van der Waals surface area contributed by atoms with E-state index in [4.69, 9.17) is 0 Å². The fourth-order valence-electron chi connectivity index (χ4n) is 4.21. The zero-order valence-corrected chi connectivity index (χ0v) is 19.8. The SMILES string of the molecule is C=CC1C(F)C(F)C(F)C(OCC(F)(F)C(F)(F)C(F)(F)C(F)(F)COC2C(F)C(F)C(F)C(C=C)C2F)C1F. The standard InChI is InChI=1S/C22H22F16O2/c1-3-7-9(23)13(27)15(29)17(11(7)25)39-5-19(31,32)21(35,36)22(37,38)20(33,34)6-40-18-12(26)8(4-2)10(24)14(28)16(18)30/h3-4,7-18H,1-2,5-6H2. The van der Waals surface area contributed by atoms with Crippen LogP contribution in [0.3, 0.4) is 0 Å². The van der Waals surface area contributed by atoms with Crippen LogP contribution in [0.4, 0.5) is 70.2 Å². The molecule has 18 heteroatoms. The predicted molar refractivity (Wildman–Crippen MR) is 106 cm³/mol. The third-order valence-electron chi connectivity index (χ3n) is 6.71. The Morgan fingerprint density at radius 2 is 0.725 bits per heavy atom. The van der Waals surface area contributed by atoms with Crippen LogP contribution in [-0.2, 0) is 9.47 Å². The molecule has 2 aliphatic rings. The smallest absolute Gasteiger partial charge is 0.365 e. The summed E-state index contributed by atoms with van der Waals surface area (Å²) in [5.74, 6) is -31.6. The first-order chi connectivity index (χ1) is 18.1. The van der Waals surface area contributed by atoms with E-state index in [1.54, 1.807) is 0 Å². The molecule has 2 rings (SSSR count). The fourth-order valence-corrected chi connectivity index (χ4v) is 4.21. The molecule has 0 bridgehead atoms. The monoisotopic (exact) mass is 622 g/mol. The lowest BCUT2D eigenvalue weighted by Crippen LogP contribution is -2.66. The van der Waals surface area contributed by atoms with E-state index >= 15 is 0 Å². The first-order valence-electron chi connectivity index (χ1n) is 11.2. The van der Waals surface area contributed by atoms with Crippen molar-refractivity contribution >= 4 is 0 Å². The van der Waals surface area contributed by atoms with Gasteiger partial charge < -0.3 is 9.47 Å². The zero-order chi connectivity index (χ0) is 31.2. The van der Waals surface area contributed by atoms with Gasteiger partial charge in [0, 0.05) is 11.8 Å². The second-order valence-corrected chi connectivity index (χ2v) is 9.29. The zero-order valence-electron chi connectivity index (χ0n) is 19.8. The molecule has 0 saturated heterocycles. The average molecular weight is 622 g/mol. The summed E-state index contributed by atoms with van der Waals surface area (Å²) >= 11 is 0. The van der Waals surface area contributed by atoms with Crippen molar-refractivity contribution in [2.75, 3.05) is 13.2 Å². The summed E-state index contributed by atoms with van der Waals surface area (Å²) in [6, 6.07) is 0. The van der Waals surface area contributed by atoms with Crippen molar-refractivity contribution in [2.24, 2.45) is 11.8 Å². The molecule has 12 unspecified atom stereocenters. The van der Waals surface area contributed by atoms with Crippen molar-refractivity contribution in [1.29, 1.82) is 0 Å². The van der Waals surface area contributed by atoms with Crippen molar-refractivity contribution in [3.05, 3.63) is 25.3 Å². The van der Waals surface area contributed by atoms with Crippen LogP contribution in [0.2, 0.25) is 0 Å². The van der Waals surface area contributed by atoms with Gasteiger partial charge in [0.15, 0.2) is 24.7 Å². The van der Waals surface area contributed by atoms with E-state index in [0.29, 0.717) is 12.2 Å². The van der Waals surface area contributed by atoms with Crippen LogP contribution in [0, 0.1) is 11.8 Å². The van der Waals surface area contributed by atoms with Crippen LogP contribution in [0.15, 0.2) is 25.3 Å². The molecular formula is C22H22F16O2. The van der Waals surface area contributed by atoms with Crippen molar-refractivity contribution in [3.8, 4) is 0 Å². The second kappa shape index (κ2) is 11.9. The molecule has 0 spiro atoms. The molecule has 2 saturated carbocycles. The number of rotatable bonds is 11. The molecule has 0 heterocycles. The van der Waals surface area contributed by atoms with Crippen LogP contribution >= 0.6 is 0 Å². The minimum Gasteiger partial charge on any atom is -0.365 e. The maximum absolute atomic E-state index is 14.2. The Labute approximate surface area is 216 Å². The average Bonchev–Trinajstić information content (AvgIpc) is 2.86. The summed E-state index contributed by atoms with van der Waals surface area (Å²) in [5.41, 5.74) is 0. The minimum atomic E-state index is -7.15. The first kappa shape index (κ1) is 34.5. The third-order valence-corrected chi connectivity index (χ3v) is 6.71. The Kier molecular flexibility index (Phi) is 10.2. The fraction of sp³-hybridized carbons (Fsp3) is 0.818. The van der Waals surface area contributed by atoms with Crippen molar-refractivity contribution in [3.63, 3.8) is 0 Å². The molecule has 0 radical (unpaired) electrons. The van der Waals surface area contributed by atoms with Crippen LogP contribution in [-0.4, -0.2) is 98.5 Å². The molecule has 40 heavy (non-hydrogen) atoms. The Bertz CT molecular complexity index is 817. The summed E-state index contributed by atoms with van der Waals surface area (Å²) in [4.78, 5) is 0. The van der Waals surface area contributed by atoms with Crippen LogP contribution < -0.4 is 0 Å². The van der Waals surface area contributed by atoms with Crippen LogP contribution in [0.25, 0.3) is 0 Å². The highest BCUT2D eigenvalue weighted by Gasteiger charge is 2.80. The number of hydrogen-bond donors (Lipinski definition) is 0. The van der Waals surface area contributed by atoms with E-state index in [9.17, 15) is 70.2 Å². The Morgan fingerprint density at radius 1 is 0.450 bits per heavy atom. The second-order valence-electron chi connectivity index (χ2n) is 9.29. The molecule has 2 aliphatic carbocycles. The van der Waals surface area contributed by atoms with Gasteiger partial charge in [-0.05, 0) is 0 Å². The van der Waals surface area contributed by atoms with Gasteiger partial charge in [-0.3, -0.25) is 0 Å². The lowest BCUT2D eigenvalue weighted by Gasteiger charge is -2.41. The molecule has 2 fully saturated rings. The van der Waals surface area contributed by atoms with Gasteiger partial charge in [0.25, 0.3) is 0 Å². The molecule has 0 amide bonds. The van der Waals surface area contributed by atoms with Gasteiger partial charge in [0.1, 0.15) is 50.1 Å². The molecule has 12 atom stereocenters. The van der Waals surface area contributed by atoms with Gasteiger partial charge >= 0.3 is 23.7 Å². The van der Waals surface area contributed by atoms with Crippen molar-refractivity contribution in [1.82, 2.24) is 0 Å². The molecule has 0 aromatic rings. The summed E-state index contributed by atoms with van der Waals surface area (Å²) in [6.07, 6.45) is -30.7. The molecule has 0 N–H and O–H groups in total. The van der Waals surface area contributed by atoms with E-state index in [0.717, 1.165) is 0 Å². The quantitative estimate of drug-likeness (QED) is 0.190. The normalized spacial score (nSPS) is 40.1. The highest BCUT2D eigenvalue weighted by atomic mass is 19.4. The molecule has 0 aromatic carbocycles. The van der Waals surface area contributed by atoms with Crippen LogP contribution in [0.1, 0.15) is 0 Å². The largest absolute Gasteiger partial charge is 0.380 e. The lowest BCUT2D eigenvalue weighted by atomic mass is 9.81. The third kappa shape index (κ3) is 5.67. The first-order valence-corrected chi connectivity index (χ1v) is 11.2. The summed E-state index contributed by atoms with van der Waals surface area (Å²) in [5, 5.41) is 0. The van der Waals surface area contributed by atoms with E-state index < -0.39 is 110 Å². The Morgan fingerprint density at radius 3 is 0.975 bits per heavy atom. The van der Waals surface area contributed by atoms with E-state index in [2.05, 4.69) is 22.6 Å². The van der Waals surface area contributed by atoms with Gasteiger partial charge in [0.2, 0.25) is 0 Å². The number of ether oxygens (including phenoxy) is 2. The summed E-state index contributed by atoms with van der Waals surface area (Å²) in [7, 11) is 0. The lowest BCUT2D eigenvalue weighted by molar-refractivity contribution is -0.381. The van der Waals surface area contributed by atoms with Gasteiger partial charge in [-0.1, -0.05) is 12.2 Å². The number of allylic oxidation sites excluding steroid dienone is 2. The van der Waals surface area contributed by atoms with E-state index in [1.807, 2.05) is 0 Å².